The zero-order valence-corrected chi connectivity index (χ0v) is 9.61. The van der Waals surface area contributed by atoms with Crippen molar-refractivity contribution in [3.8, 4) is 0 Å². The van der Waals surface area contributed by atoms with Crippen LogP contribution in [0.5, 0.6) is 0 Å². The summed E-state index contributed by atoms with van der Waals surface area (Å²) in [5.41, 5.74) is 0. The van der Waals surface area contributed by atoms with Gasteiger partial charge in [0, 0.05) is 18.5 Å². The molecule has 15 heavy (non-hydrogen) atoms. The number of hydrogen-bond acceptors (Lipinski definition) is 1. The van der Waals surface area contributed by atoms with Crippen LogP contribution in [0.3, 0.4) is 0 Å². The van der Waals surface area contributed by atoms with Crippen LogP contribution in [-0.4, -0.2) is 23.4 Å². The third-order valence-corrected chi connectivity index (χ3v) is 3.70. The highest BCUT2D eigenvalue weighted by atomic mass is 16.2. The minimum absolute atomic E-state index is 0.274. The molecular formula is C13H21NO. The van der Waals surface area contributed by atoms with Gasteiger partial charge in [0.05, 0.1) is 0 Å². The summed E-state index contributed by atoms with van der Waals surface area (Å²) in [6.45, 7) is 3.18. The Hall–Kier alpha value is -0.790. The minimum atomic E-state index is 0.274. The summed E-state index contributed by atoms with van der Waals surface area (Å²) < 4.78 is 0. The Bertz CT molecular complexity index is 259. The van der Waals surface area contributed by atoms with Gasteiger partial charge in [-0.05, 0) is 45.4 Å². The second-order valence-corrected chi connectivity index (χ2v) is 4.86. The molecule has 0 unspecified atom stereocenters. The van der Waals surface area contributed by atoms with E-state index in [4.69, 9.17) is 0 Å². The molecule has 1 amide bonds. The van der Waals surface area contributed by atoms with E-state index in [9.17, 15) is 4.79 Å². The lowest BCUT2D eigenvalue weighted by molar-refractivity contribution is -0.139. The monoisotopic (exact) mass is 207 g/mol. The van der Waals surface area contributed by atoms with Crippen LogP contribution in [0.25, 0.3) is 0 Å². The molecule has 0 saturated carbocycles. The van der Waals surface area contributed by atoms with Gasteiger partial charge >= 0.3 is 0 Å². The maximum atomic E-state index is 12.3. The first-order valence-corrected chi connectivity index (χ1v) is 6.24. The van der Waals surface area contributed by atoms with E-state index in [-0.39, 0.29) is 5.92 Å². The number of carbonyl (C=O) groups excluding carboxylic acids is 1. The van der Waals surface area contributed by atoms with Crippen LogP contribution in [0.4, 0.5) is 0 Å². The SMILES string of the molecule is C[C@H]1CCCCN1C(=O)[C@H]1CC=CCC1. The Morgan fingerprint density at radius 1 is 1.27 bits per heavy atom. The van der Waals surface area contributed by atoms with E-state index in [1.54, 1.807) is 0 Å². The zero-order chi connectivity index (χ0) is 10.7. The summed E-state index contributed by atoms with van der Waals surface area (Å²) >= 11 is 0. The summed E-state index contributed by atoms with van der Waals surface area (Å²) in [5, 5.41) is 0. The van der Waals surface area contributed by atoms with E-state index in [0.717, 1.165) is 25.8 Å². The van der Waals surface area contributed by atoms with E-state index in [1.807, 2.05) is 0 Å². The van der Waals surface area contributed by atoms with Gasteiger partial charge in [-0.1, -0.05) is 12.2 Å². The smallest absolute Gasteiger partial charge is 0.226 e. The molecule has 1 fully saturated rings. The molecule has 0 spiro atoms. The standard InChI is InChI=1S/C13H21NO/c1-11-7-5-6-10-14(11)13(15)12-8-3-2-4-9-12/h2-3,11-12H,4-10H2,1H3/t11-,12-/m0/s1. The van der Waals surface area contributed by atoms with E-state index in [1.165, 1.54) is 19.3 Å². The number of piperidine rings is 1. The molecule has 2 rings (SSSR count). The van der Waals surface area contributed by atoms with Crippen LogP contribution in [-0.2, 0) is 4.79 Å². The van der Waals surface area contributed by atoms with E-state index in [2.05, 4.69) is 24.0 Å². The van der Waals surface area contributed by atoms with Gasteiger partial charge in [-0.3, -0.25) is 4.79 Å². The van der Waals surface area contributed by atoms with Gasteiger partial charge in [-0.2, -0.15) is 0 Å². The van der Waals surface area contributed by atoms with Crippen LogP contribution in [0.2, 0.25) is 0 Å². The van der Waals surface area contributed by atoms with Crippen LogP contribution in [0, 0.1) is 5.92 Å². The van der Waals surface area contributed by atoms with Crippen molar-refractivity contribution in [2.24, 2.45) is 5.92 Å². The van der Waals surface area contributed by atoms with Crippen molar-refractivity contribution < 1.29 is 4.79 Å². The lowest BCUT2D eigenvalue weighted by atomic mass is 9.91. The number of likely N-dealkylation sites (tertiary alicyclic amines) is 1. The predicted molar refractivity (Wildman–Crippen MR) is 61.5 cm³/mol. The average Bonchev–Trinajstić information content (AvgIpc) is 2.30. The fourth-order valence-electron chi connectivity index (χ4n) is 2.68. The maximum Gasteiger partial charge on any atom is 0.226 e. The van der Waals surface area contributed by atoms with Crippen LogP contribution in [0.15, 0.2) is 12.2 Å². The molecule has 1 saturated heterocycles. The highest BCUT2D eigenvalue weighted by Crippen LogP contribution is 2.25. The second-order valence-electron chi connectivity index (χ2n) is 4.86. The van der Waals surface area contributed by atoms with E-state index in [0.29, 0.717) is 11.9 Å². The van der Waals surface area contributed by atoms with Gasteiger partial charge in [-0.15, -0.1) is 0 Å². The second kappa shape index (κ2) is 4.82. The fraction of sp³-hybridized carbons (Fsp3) is 0.769. The molecule has 1 aliphatic heterocycles. The molecule has 2 atom stereocenters. The van der Waals surface area contributed by atoms with E-state index >= 15 is 0 Å². The highest BCUT2D eigenvalue weighted by molar-refractivity contribution is 5.79. The Labute approximate surface area is 92.3 Å². The van der Waals surface area contributed by atoms with Crippen molar-refractivity contribution in [2.75, 3.05) is 6.54 Å². The average molecular weight is 207 g/mol. The lowest BCUT2D eigenvalue weighted by Crippen LogP contribution is -2.45. The molecular weight excluding hydrogens is 186 g/mol. The molecule has 0 bridgehead atoms. The minimum Gasteiger partial charge on any atom is -0.340 e. The molecule has 2 aliphatic rings. The molecule has 1 aliphatic carbocycles. The first-order valence-electron chi connectivity index (χ1n) is 6.24. The van der Waals surface area contributed by atoms with Crippen molar-refractivity contribution in [1.82, 2.24) is 4.90 Å². The largest absolute Gasteiger partial charge is 0.340 e. The highest BCUT2D eigenvalue weighted by Gasteiger charge is 2.28. The van der Waals surface area contributed by atoms with Gasteiger partial charge in [0.2, 0.25) is 5.91 Å². The Balaban J connectivity index is 1.96. The van der Waals surface area contributed by atoms with Gasteiger partial charge in [0.25, 0.3) is 0 Å². The fourth-order valence-corrected chi connectivity index (χ4v) is 2.68. The van der Waals surface area contributed by atoms with Gasteiger partial charge < -0.3 is 4.90 Å². The molecule has 0 radical (unpaired) electrons. The molecule has 2 nitrogen and oxygen atoms in total. The van der Waals surface area contributed by atoms with Crippen LogP contribution >= 0.6 is 0 Å². The number of carbonyl (C=O) groups is 1. The predicted octanol–water partition coefficient (Wildman–Crippen LogP) is 2.74. The third kappa shape index (κ3) is 2.42. The summed E-state index contributed by atoms with van der Waals surface area (Å²) in [4.78, 5) is 14.4. The molecule has 0 aromatic rings. The molecule has 1 heterocycles. The summed E-state index contributed by atoms with van der Waals surface area (Å²) in [5.74, 6) is 0.683. The molecule has 84 valence electrons. The first kappa shape index (κ1) is 10.7. The van der Waals surface area contributed by atoms with E-state index < -0.39 is 0 Å². The van der Waals surface area contributed by atoms with Crippen LogP contribution < -0.4 is 0 Å². The topological polar surface area (TPSA) is 20.3 Å². The van der Waals surface area contributed by atoms with Gasteiger partial charge in [0.1, 0.15) is 0 Å². The Kier molecular flexibility index (Phi) is 3.45. The van der Waals surface area contributed by atoms with Crippen molar-refractivity contribution in [3.63, 3.8) is 0 Å². The number of nitrogens with zero attached hydrogens (tertiary/aromatic N) is 1. The lowest BCUT2D eigenvalue weighted by Gasteiger charge is -2.36. The van der Waals surface area contributed by atoms with Crippen LogP contribution in [0.1, 0.15) is 45.4 Å². The summed E-state index contributed by atoms with van der Waals surface area (Å²) in [6, 6.07) is 0.470. The van der Waals surface area contributed by atoms with Crippen molar-refractivity contribution in [3.05, 3.63) is 12.2 Å². The van der Waals surface area contributed by atoms with Crippen molar-refractivity contribution in [1.29, 1.82) is 0 Å². The van der Waals surface area contributed by atoms with Gasteiger partial charge in [0.15, 0.2) is 0 Å². The quantitative estimate of drug-likeness (QED) is 0.605. The van der Waals surface area contributed by atoms with Crippen molar-refractivity contribution >= 4 is 5.91 Å². The van der Waals surface area contributed by atoms with Crippen molar-refractivity contribution in [2.45, 2.75) is 51.5 Å². The number of amides is 1. The number of hydrogen-bond donors (Lipinski definition) is 0. The third-order valence-electron chi connectivity index (χ3n) is 3.70. The normalized spacial score (nSPS) is 31.7. The molecule has 0 aromatic carbocycles. The zero-order valence-electron chi connectivity index (χ0n) is 9.61. The Morgan fingerprint density at radius 3 is 2.80 bits per heavy atom. The number of allylic oxidation sites excluding steroid dienone is 2. The molecule has 0 N–H and O–H groups in total. The summed E-state index contributed by atoms with van der Waals surface area (Å²) in [7, 11) is 0. The Morgan fingerprint density at radius 2 is 2.13 bits per heavy atom. The number of rotatable bonds is 1. The summed E-state index contributed by atoms with van der Waals surface area (Å²) in [6.07, 6.45) is 11.1. The maximum absolute atomic E-state index is 12.3. The molecule has 0 aromatic heterocycles. The van der Waals surface area contributed by atoms with Gasteiger partial charge in [-0.25, -0.2) is 0 Å². The molecule has 2 heteroatoms. The first-order chi connectivity index (χ1) is 7.29.